The lowest BCUT2D eigenvalue weighted by molar-refractivity contribution is 0.0956. The fraction of sp³-hybridized carbons (Fsp3) is 0.0417. The maximum atomic E-state index is 13.0. The van der Waals surface area contributed by atoms with Gasteiger partial charge in [-0.05, 0) is 12.1 Å². The number of carbonyl (C=O) groups excluding carboxylic acids is 1. The largest absolute Gasteiger partial charge is 0.504 e. The summed E-state index contributed by atoms with van der Waals surface area (Å²) < 4.78 is 5.07. The highest BCUT2D eigenvalue weighted by molar-refractivity contribution is 6.43. The minimum atomic E-state index is -0.443. The molecule has 6 nitrogen and oxygen atoms in total. The quantitative estimate of drug-likeness (QED) is 0.293. The molecule has 0 saturated heterocycles. The first-order valence-electron chi connectivity index (χ1n) is 9.53. The van der Waals surface area contributed by atoms with Crippen LogP contribution >= 0.6 is 23.2 Å². The van der Waals surface area contributed by atoms with Gasteiger partial charge in [0.15, 0.2) is 11.5 Å². The molecule has 0 spiro atoms. The number of benzene rings is 3. The summed E-state index contributed by atoms with van der Waals surface area (Å²) in [6.07, 6.45) is 1.21. The number of hydrogen-bond acceptors (Lipinski definition) is 5. The van der Waals surface area contributed by atoms with Crippen molar-refractivity contribution in [2.75, 3.05) is 7.11 Å². The zero-order valence-corrected chi connectivity index (χ0v) is 18.4. The SMILES string of the molecule is COc1cc(Cl)c(Cl)c(C=NNC(=O)c2cc(-c3ccccc3)nc3ccccc23)c1O. The van der Waals surface area contributed by atoms with Crippen molar-refractivity contribution in [3.05, 3.63) is 87.9 Å². The number of phenols is 1. The van der Waals surface area contributed by atoms with Crippen molar-refractivity contribution in [3.8, 4) is 22.8 Å². The molecule has 8 heteroatoms. The summed E-state index contributed by atoms with van der Waals surface area (Å²) >= 11 is 12.2. The Kier molecular flexibility index (Phi) is 6.25. The molecule has 0 fully saturated rings. The fourth-order valence-electron chi connectivity index (χ4n) is 3.22. The Morgan fingerprint density at radius 1 is 1.09 bits per heavy atom. The van der Waals surface area contributed by atoms with Crippen LogP contribution in [0.5, 0.6) is 11.5 Å². The van der Waals surface area contributed by atoms with E-state index < -0.39 is 5.91 Å². The van der Waals surface area contributed by atoms with E-state index in [0.717, 1.165) is 5.56 Å². The predicted octanol–water partition coefficient (Wildman–Crippen LogP) is 5.69. The van der Waals surface area contributed by atoms with E-state index in [0.29, 0.717) is 22.2 Å². The molecule has 1 heterocycles. The van der Waals surface area contributed by atoms with E-state index in [4.69, 9.17) is 27.9 Å². The van der Waals surface area contributed by atoms with E-state index in [1.54, 1.807) is 6.07 Å². The second-order valence-electron chi connectivity index (χ2n) is 6.77. The second-order valence-corrected chi connectivity index (χ2v) is 7.56. The van der Waals surface area contributed by atoms with Gasteiger partial charge in [-0.25, -0.2) is 10.4 Å². The molecule has 0 bridgehead atoms. The molecule has 0 aliphatic rings. The molecule has 0 radical (unpaired) electrons. The summed E-state index contributed by atoms with van der Waals surface area (Å²) in [6, 6.07) is 20.1. The van der Waals surface area contributed by atoms with Crippen LogP contribution in [0.1, 0.15) is 15.9 Å². The van der Waals surface area contributed by atoms with Crippen molar-refractivity contribution < 1.29 is 14.6 Å². The summed E-state index contributed by atoms with van der Waals surface area (Å²) in [5, 5.41) is 15.2. The first kappa shape index (κ1) is 21.6. The lowest BCUT2D eigenvalue weighted by Crippen LogP contribution is -2.18. The van der Waals surface area contributed by atoms with Gasteiger partial charge in [-0.2, -0.15) is 5.10 Å². The van der Waals surface area contributed by atoms with Crippen molar-refractivity contribution >= 4 is 46.2 Å². The number of para-hydroxylation sites is 1. The van der Waals surface area contributed by atoms with Crippen molar-refractivity contribution in [2.24, 2.45) is 5.10 Å². The number of nitrogens with one attached hydrogen (secondary N) is 1. The number of halogens is 2. The van der Waals surface area contributed by atoms with Crippen LogP contribution in [0.3, 0.4) is 0 Å². The van der Waals surface area contributed by atoms with Gasteiger partial charge in [0, 0.05) is 17.0 Å². The van der Waals surface area contributed by atoms with Gasteiger partial charge in [-0.1, -0.05) is 71.7 Å². The van der Waals surface area contributed by atoms with Crippen LogP contribution in [0, 0.1) is 0 Å². The van der Waals surface area contributed by atoms with Gasteiger partial charge >= 0.3 is 0 Å². The zero-order chi connectivity index (χ0) is 22.7. The molecule has 4 rings (SSSR count). The van der Waals surface area contributed by atoms with Gasteiger partial charge in [-0.3, -0.25) is 4.79 Å². The number of ether oxygens (including phenoxy) is 1. The van der Waals surface area contributed by atoms with Crippen molar-refractivity contribution in [1.29, 1.82) is 0 Å². The van der Waals surface area contributed by atoms with E-state index in [-0.39, 0.29) is 27.1 Å². The molecule has 0 unspecified atom stereocenters. The number of phenolic OH excluding ortho intramolecular Hbond substituents is 1. The van der Waals surface area contributed by atoms with Crippen LogP contribution in [0.25, 0.3) is 22.2 Å². The first-order valence-corrected chi connectivity index (χ1v) is 10.3. The van der Waals surface area contributed by atoms with Crippen LogP contribution in [0.2, 0.25) is 10.0 Å². The Balaban J connectivity index is 1.69. The molecular formula is C24H17Cl2N3O3. The maximum Gasteiger partial charge on any atom is 0.272 e. The summed E-state index contributed by atoms with van der Waals surface area (Å²) in [5.41, 5.74) is 5.25. The van der Waals surface area contributed by atoms with Crippen LogP contribution in [-0.4, -0.2) is 29.3 Å². The van der Waals surface area contributed by atoms with Crippen LogP contribution in [0.15, 0.2) is 71.8 Å². The average Bonchev–Trinajstić information content (AvgIpc) is 2.83. The Labute approximate surface area is 194 Å². The highest BCUT2D eigenvalue weighted by Gasteiger charge is 2.16. The molecule has 160 valence electrons. The van der Waals surface area contributed by atoms with Gasteiger partial charge in [0.2, 0.25) is 0 Å². The van der Waals surface area contributed by atoms with Gasteiger partial charge < -0.3 is 9.84 Å². The number of hydrogen-bond donors (Lipinski definition) is 2. The molecule has 2 N–H and O–H groups in total. The first-order chi connectivity index (χ1) is 15.5. The van der Waals surface area contributed by atoms with Crippen molar-refractivity contribution in [3.63, 3.8) is 0 Å². The lowest BCUT2D eigenvalue weighted by Gasteiger charge is -2.10. The Bertz CT molecular complexity index is 1340. The van der Waals surface area contributed by atoms with Gasteiger partial charge in [0.1, 0.15) is 0 Å². The summed E-state index contributed by atoms with van der Waals surface area (Å²) in [4.78, 5) is 17.7. The van der Waals surface area contributed by atoms with Gasteiger partial charge in [0.25, 0.3) is 5.91 Å². The van der Waals surface area contributed by atoms with Crippen LogP contribution < -0.4 is 10.2 Å². The molecule has 4 aromatic rings. The maximum absolute atomic E-state index is 13.0. The third kappa shape index (κ3) is 4.23. The third-order valence-electron chi connectivity index (χ3n) is 4.80. The van der Waals surface area contributed by atoms with E-state index >= 15 is 0 Å². The molecule has 3 aromatic carbocycles. The number of hydrazone groups is 1. The number of pyridine rings is 1. The molecule has 1 amide bonds. The van der Waals surface area contributed by atoms with Crippen molar-refractivity contribution in [2.45, 2.75) is 0 Å². The smallest absolute Gasteiger partial charge is 0.272 e. The number of aromatic nitrogens is 1. The average molecular weight is 466 g/mol. The molecule has 1 aromatic heterocycles. The molecule has 0 aliphatic heterocycles. The Hall–Kier alpha value is -3.61. The van der Waals surface area contributed by atoms with Crippen LogP contribution in [-0.2, 0) is 0 Å². The molecule has 32 heavy (non-hydrogen) atoms. The normalized spacial score (nSPS) is 11.1. The molecule has 0 saturated carbocycles. The molecule has 0 aliphatic carbocycles. The van der Waals surface area contributed by atoms with E-state index in [2.05, 4.69) is 15.5 Å². The van der Waals surface area contributed by atoms with Crippen molar-refractivity contribution in [1.82, 2.24) is 10.4 Å². The Morgan fingerprint density at radius 3 is 2.56 bits per heavy atom. The molecular weight excluding hydrogens is 449 g/mol. The second kappa shape index (κ2) is 9.26. The highest BCUT2D eigenvalue weighted by atomic mass is 35.5. The van der Waals surface area contributed by atoms with Gasteiger partial charge in [0.05, 0.1) is 45.7 Å². The minimum Gasteiger partial charge on any atom is -0.504 e. The van der Waals surface area contributed by atoms with E-state index in [9.17, 15) is 9.90 Å². The standard InChI is InChI=1S/C24H17Cl2N3O3/c1-32-21-12-18(25)22(26)17(23(21)30)13-27-29-24(31)16-11-20(14-7-3-2-4-8-14)28-19-10-6-5-9-15(16)19/h2-13,30H,1H3,(H,29,31). The number of rotatable bonds is 5. The number of carbonyl (C=O) groups is 1. The summed E-state index contributed by atoms with van der Waals surface area (Å²) in [7, 11) is 1.39. The number of fused-ring (bicyclic) bond motifs is 1. The number of aromatic hydroxyl groups is 1. The Morgan fingerprint density at radius 2 is 1.81 bits per heavy atom. The minimum absolute atomic E-state index is 0.0868. The van der Waals surface area contributed by atoms with Crippen LogP contribution in [0.4, 0.5) is 0 Å². The van der Waals surface area contributed by atoms with E-state index in [1.165, 1.54) is 19.4 Å². The number of methoxy groups -OCH3 is 1. The lowest BCUT2D eigenvalue weighted by atomic mass is 10.0. The monoisotopic (exact) mass is 465 g/mol. The predicted molar refractivity (Wildman–Crippen MR) is 127 cm³/mol. The number of nitrogens with zero attached hydrogens (tertiary/aromatic N) is 2. The van der Waals surface area contributed by atoms with E-state index in [1.807, 2.05) is 54.6 Å². The fourth-order valence-corrected chi connectivity index (χ4v) is 3.62. The summed E-state index contributed by atoms with van der Waals surface area (Å²) in [6.45, 7) is 0. The topological polar surface area (TPSA) is 83.8 Å². The highest BCUT2D eigenvalue weighted by Crippen LogP contribution is 2.39. The number of amides is 1. The van der Waals surface area contributed by atoms with Gasteiger partial charge in [-0.15, -0.1) is 0 Å². The summed E-state index contributed by atoms with van der Waals surface area (Å²) in [5.74, 6) is -0.540. The third-order valence-corrected chi connectivity index (χ3v) is 5.60. The zero-order valence-electron chi connectivity index (χ0n) is 16.8. The molecule has 0 atom stereocenters.